The van der Waals surface area contributed by atoms with Gasteiger partial charge in [0, 0.05) is 32.4 Å². The number of rotatable bonds is 4. The summed E-state index contributed by atoms with van der Waals surface area (Å²) in [6.45, 7) is 2.49. The van der Waals surface area contributed by atoms with Crippen LogP contribution in [-0.4, -0.2) is 26.9 Å². The number of aliphatic hydroxyl groups is 1. The van der Waals surface area contributed by atoms with E-state index in [1.54, 1.807) is 17.8 Å². The fourth-order valence-electron chi connectivity index (χ4n) is 1.79. The maximum atomic E-state index is 9.40. The normalized spacial score (nSPS) is 12.4. The molecule has 5 nitrogen and oxygen atoms in total. The average Bonchev–Trinajstić information content (AvgIpc) is 2.75. The molecule has 0 saturated heterocycles. The third-order valence-corrected chi connectivity index (χ3v) is 2.82. The van der Waals surface area contributed by atoms with E-state index in [0.717, 1.165) is 17.8 Å². The first kappa shape index (κ1) is 12.6. The Balaban J connectivity index is 2.06. The Morgan fingerprint density at radius 2 is 2.17 bits per heavy atom. The highest BCUT2D eigenvalue weighted by atomic mass is 16.3. The maximum absolute atomic E-state index is 9.40. The molecule has 0 saturated carbocycles. The molecule has 1 N–H and O–H groups in total. The molecule has 0 aromatic carbocycles. The van der Waals surface area contributed by atoms with Crippen molar-refractivity contribution in [1.29, 1.82) is 0 Å². The number of hydrogen-bond donors (Lipinski definition) is 1. The zero-order valence-corrected chi connectivity index (χ0v) is 10.9. The molecule has 2 rings (SSSR count). The Kier molecular flexibility index (Phi) is 3.62. The summed E-state index contributed by atoms with van der Waals surface area (Å²) in [6.07, 6.45) is 5.10. The largest absolute Gasteiger partial charge is 0.387 e. The Morgan fingerprint density at radius 3 is 2.67 bits per heavy atom. The summed E-state index contributed by atoms with van der Waals surface area (Å²) in [5.74, 6) is 0. The molecule has 0 unspecified atom stereocenters. The average molecular weight is 246 g/mol. The molecule has 0 spiro atoms. The quantitative estimate of drug-likeness (QED) is 0.888. The molecule has 0 bridgehead atoms. The van der Waals surface area contributed by atoms with Gasteiger partial charge in [-0.2, -0.15) is 5.10 Å². The molecule has 96 valence electrons. The first-order chi connectivity index (χ1) is 8.56. The lowest BCUT2D eigenvalue weighted by molar-refractivity contribution is 0.194. The molecule has 5 heteroatoms. The lowest BCUT2D eigenvalue weighted by atomic mass is 10.2. The molecular formula is C13H18N4O. The number of pyridine rings is 1. The van der Waals surface area contributed by atoms with E-state index in [2.05, 4.69) is 15.0 Å². The van der Waals surface area contributed by atoms with E-state index >= 15 is 0 Å². The minimum Gasteiger partial charge on any atom is -0.387 e. The first-order valence-corrected chi connectivity index (χ1v) is 5.89. The van der Waals surface area contributed by atoms with Gasteiger partial charge in [0.25, 0.3) is 0 Å². The predicted molar refractivity (Wildman–Crippen MR) is 70.2 cm³/mol. The minimum atomic E-state index is -0.525. The van der Waals surface area contributed by atoms with Crippen molar-refractivity contribution >= 4 is 5.69 Å². The Labute approximate surface area is 107 Å². The third kappa shape index (κ3) is 2.87. The number of aliphatic hydroxyl groups excluding tert-OH is 1. The highest BCUT2D eigenvalue weighted by Crippen LogP contribution is 2.16. The van der Waals surface area contributed by atoms with Crippen LogP contribution in [0.5, 0.6) is 0 Å². The summed E-state index contributed by atoms with van der Waals surface area (Å²) in [5.41, 5.74) is 2.86. The highest BCUT2D eigenvalue weighted by molar-refractivity contribution is 5.44. The van der Waals surface area contributed by atoms with Crippen LogP contribution in [0.4, 0.5) is 5.69 Å². The van der Waals surface area contributed by atoms with Crippen molar-refractivity contribution in [2.75, 3.05) is 11.9 Å². The summed E-state index contributed by atoms with van der Waals surface area (Å²) in [7, 11) is 3.91. The van der Waals surface area contributed by atoms with Gasteiger partial charge in [-0.15, -0.1) is 0 Å². The van der Waals surface area contributed by atoms with Crippen LogP contribution in [0.25, 0.3) is 0 Å². The standard InChI is InChI=1S/C13H18N4O/c1-10(18)13-5-4-12(7-14-13)16(2)8-11-6-15-17(3)9-11/h4-7,9-10,18H,8H2,1-3H3/t10-/m1/s1. The summed E-state index contributed by atoms with van der Waals surface area (Å²) < 4.78 is 1.79. The van der Waals surface area contributed by atoms with Crippen LogP contribution in [0.1, 0.15) is 24.3 Å². The van der Waals surface area contributed by atoms with Crippen molar-refractivity contribution in [2.24, 2.45) is 7.05 Å². The van der Waals surface area contributed by atoms with Crippen molar-refractivity contribution in [2.45, 2.75) is 19.6 Å². The monoisotopic (exact) mass is 246 g/mol. The van der Waals surface area contributed by atoms with Crippen molar-refractivity contribution in [3.8, 4) is 0 Å². The Morgan fingerprint density at radius 1 is 1.39 bits per heavy atom. The smallest absolute Gasteiger partial charge is 0.0931 e. The van der Waals surface area contributed by atoms with E-state index in [0.29, 0.717) is 5.69 Å². The van der Waals surface area contributed by atoms with E-state index < -0.39 is 6.10 Å². The van der Waals surface area contributed by atoms with Crippen molar-refractivity contribution in [3.05, 3.63) is 42.0 Å². The van der Waals surface area contributed by atoms with E-state index in [4.69, 9.17) is 0 Å². The molecule has 2 aromatic heterocycles. The summed E-state index contributed by atoms with van der Waals surface area (Å²) >= 11 is 0. The van der Waals surface area contributed by atoms with E-state index in [-0.39, 0.29) is 0 Å². The van der Waals surface area contributed by atoms with Crippen LogP contribution in [-0.2, 0) is 13.6 Å². The molecular weight excluding hydrogens is 228 g/mol. The summed E-state index contributed by atoms with van der Waals surface area (Å²) in [6, 6.07) is 3.81. The highest BCUT2D eigenvalue weighted by Gasteiger charge is 2.06. The second-order valence-electron chi connectivity index (χ2n) is 4.50. The van der Waals surface area contributed by atoms with Crippen LogP contribution >= 0.6 is 0 Å². The lowest BCUT2D eigenvalue weighted by Crippen LogP contribution is -2.16. The molecule has 1 atom stereocenters. The van der Waals surface area contributed by atoms with Gasteiger partial charge in [0.05, 0.1) is 29.9 Å². The van der Waals surface area contributed by atoms with Crippen molar-refractivity contribution in [3.63, 3.8) is 0 Å². The fourth-order valence-corrected chi connectivity index (χ4v) is 1.79. The molecule has 0 aliphatic rings. The molecule has 0 amide bonds. The van der Waals surface area contributed by atoms with E-state index in [9.17, 15) is 5.11 Å². The molecule has 18 heavy (non-hydrogen) atoms. The number of hydrogen-bond acceptors (Lipinski definition) is 4. The van der Waals surface area contributed by atoms with Gasteiger partial charge in [0.2, 0.25) is 0 Å². The van der Waals surface area contributed by atoms with Gasteiger partial charge in [0.15, 0.2) is 0 Å². The van der Waals surface area contributed by atoms with Gasteiger partial charge in [0.1, 0.15) is 0 Å². The predicted octanol–water partition coefficient (Wildman–Crippen LogP) is 1.50. The maximum Gasteiger partial charge on any atom is 0.0931 e. The summed E-state index contributed by atoms with van der Waals surface area (Å²) in [4.78, 5) is 6.33. The van der Waals surface area contributed by atoms with E-state index in [1.807, 2.05) is 38.6 Å². The zero-order valence-electron chi connectivity index (χ0n) is 10.9. The van der Waals surface area contributed by atoms with Crippen molar-refractivity contribution < 1.29 is 5.11 Å². The van der Waals surface area contributed by atoms with Crippen LogP contribution in [0.15, 0.2) is 30.7 Å². The van der Waals surface area contributed by atoms with Crippen LogP contribution in [0.3, 0.4) is 0 Å². The Hall–Kier alpha value is -1.88. The molecule has 0 aliphatic carbocycles. The van der Waals surface area contributed by atoms with Gasteiger partial charge >= 0.3 is 0 Å². The van der Waals surface area contributed by atoms with Gasteiger partial charge in [-0.05, 0) is 19.1 Å². The second-order valence-corrected chi connectivity index (χ2v) is 4.50. The SMILES string of the molecule is C[C@@H](O)c1ccc(N(C)Cc2cnn(C)c2)cn1. The number of nitrogens with zero attached hydrogens (tertiary/aromatic N) is 4. The summed E-state index contributed by atoms with van der Waals surface area (Å²) in [5, 5.41) is 13.5. The second kappa shape index (κ2) is 5.18. The Bertz CT molecular complexity index is 504. The molecule has 2 heterocycles. The molecule has 0 radical (unpaired) electrons. The van der Waals surface area contributed by atoms with Crippen LogP contribution in [0.2, 0.25) is 0 Å². The van der Waals surface area contributed by atoms with Crippen LogP contribution in [0, 0.1) is 0 Å². The molecule has 0 fully saturated rings. The van der Waals surface area contributed by atoms with Crippen molar-refractivity contribution in [1.82, 2.24) is 14.8 Å². The number of aromatic nitrogens is 3. The van der Waals surface area contributed by atoms with Gasteiger partial charge in [-0.3, -0.25) is 9.67 Å². The van der Waals surface area contributed by atoms with Gasteiger partial charge < -0.3 is 10.0 Å². The fraction of sp³-hybridized carbons (Fsp3) is 0.385. The zero-order chi connectivity index (χ0) is 13.1. The minimum absolute atomic E-state index is 0.525. The lowest BCUT2D eigenvalue weighted by Gasteiger charge is -2.18. The number of anilines is 1. The van der Waals surface area contributed by atoms with Gasteiger partial charge in [-0.25, -0.2) is 0 Å². The van der Waals surface area contributed by atoms with Gasteiger partial charge in [-0.1, -0.05) is 0 Å². The number of aryl methyl sites for hydroxylation is 1. The van der Waals surface area contributed by atoms with Crippen LogP contribution < -0.4 is 4.90 Å². The molecule has 2 aromatic rings. The molecule has 0 aliphatic heterocycles. The topological polar surface area (TPSA) is 54.2 Å². The van der Waals surface area contributed by atoms with E-state index in [1.165, 1.54) is 0 Å². The first-order valence-electron chi connectivity index (χ1n) is 5.89. The third-order valence-electron chi connectivity index (χ3n) is 2.82.